The van der Waals surface area contributed by atoms with E-state index in [1.54, 1.807) is 36.8 Å². The van der Waals surface area contributed by atoms with Gasteiger partial charge in [0.2, 0.25) is 9.84 Å². The van der Waals surface area contributed by atoms with E-state index in [-0.39, 0.29) is 31.0 Å². The number of rotatable bonds is 8. The van der Waals surface area contributed by atoms with E-state index >= 15 is 0 Å². The minimum Gasteiger partial charge on any atom is -0.387 e. The monoisotopic (exact) mass is 528 g/mol. The van der Waals surface area contributed by atoms with Crippen molar-refractivity contribution in [1.29, 1.82) is 0 Å². The summed E-state index contributed by atoms with van der Waals surface area (Å²) in [6, 6.07) is 10.5. The van der Waals surface area contributed by atoms with Crippen molar-refractivity contribution in [2.45, 2.75) is 24.5 Å². The molecule has 0 radical (unpaired) electrons. The third-order valence-corrected chi connectivity index (χ3v) is 8.69. The van der Waals surface area contributed by atoms with Gasteiger partial charge in [0.1, 0.15) is 0 Å². The molecular weight excluding hydrogens is 512 g/mol. The van der Waals surface area contributed by atoms with Crippen LogP contribution in [-0.2, 0) is 9.84 Å². The van der Waals surface area contributed by atoms with E-state index in [4.69, 9.17) is 0 Å². The number of thioether (sulfide) groups is 1. The van der Waals surface area contributed by atoms with Gasteiger partial charge in [-0.3, -0.25) is 25.2 Å². The SMILES string of the molecule is O=[N+]([O-])c1cc(S(=O)(=O)c2ccc(Sc3ccncc3)c([N+](=O)[O-])c2)ccc1SC1=CCNC=C1. The molecule has 1 aromatic heterocycles. The van der Waals surface area contributed by atoms with E-state index in [2.05, 4.69) is 10.3 Å². The Morgan fingerprint density at radius 2 is 1.43 bits per heavy atom. The molecule has 3 aromatic rings. The predicted molar refractivity (Wildman–Crippen MR) is 131 cm³/mol. The van der Waals surface area contributed by atoms with Crippen molar-refractivity contribution >= 4 is 44.7 Å². The minimum atomic E-state index is -4.27. The number of nitrogens with one attached hydrogen (secondary N) is 1. The fourth-order valence-electron chi connectivity index (χ4n) is 3.10. The molecule has 0 amide bonds. The first-order valence-corrected chi connectivity index (χ1v) is 13.0. The lowest BCUT2D eigenvalue weighted by Crippen LogP contribution is -2.07. The highest BCUT2D eigenvalue weighted by molar-refractivity contribution is 8.03. The molecular formula is C22H16N4O6S3. The molecule has 0 saturated carbocycles. The second-order valence-electron chi connectivity index (χ2n) is 7.01. The maximum atomic E-state index is 13.3. The molecule has 13 heteroatoms. The second-order valence-corrected chi connectivity index (χ2v) is 11.2. The Labute approximate surface area is 208 Å². The van der Waals surface area contributed by atoms with Crippen molar-refractivity contribution in [3.05, 3.63) is 104 Å². The molecule has 0 aliphatic carbocycles. The number of aromatic nitrogens is 1. The van der Waals surface area contributed by atoms with Crippen molar-refractivity contribution in [3.63, 3.8) is 0 Å². The largest absolute Gasteiger partial charge is 0.387 e. The summed E-state index contributed by atoms with van der Waals surface area (Å²) in [4.78, 5) is 27.3. The first kappa shape index (κ1) is 24.4. The molecule has 0 unspecified atom stereocenters. The van der Waals surface area contributed by atoms with Crippen LogP contribution in [0.25, 0.3) is 0 Å². The molecule has 1 N–H and O–H groups in total. The zero-order valence-corrected chi connectivity index (χ0v) is 20.2. The lowest BCUT2D eigenvalue weighted by atomic mass is 10.3. The number of nitro groups is 2. The van der Waals surface area contributed by atoms with Crippen molar-refractivity contribution in [2.75, 3.05) is 6.54 Å². The van der Waals surface area contributed by atoms with Crippen LogP contribution in [-0.4, -0.2) is 29.8 Å². The van der Waals surface area contributed by atoms with Gasteiger partial charge >= 0.3 is 0 Å². The lowest BCUT2D eigenvalue weighted by molar-refractivity contribution is -0.388. The van der Waals surface area contributed by atoms with Crippen molar-refractivity contribution in [2.24, 2.45) is 0 Å². The highest BCUT2D eigenvalue weighted by atomic mass is 32.2. The van der Waals surface area contributed by atoms with Crippen LogP contribution in [0.4, 0.5) is 11.4 Å². The average Bonchev–Trinajstić information content (AvgIpc) is 2.85. The van der Waals surface area contributed by atoms with Gasteiger partial charge in [0.25, 0.3) is 11.4 Å². The molecule has 2 aromatic carbocycles. The predicted octanol–water partition coefficient (Wildman–Crippen LogP) is 4.97. The highest BCUT2D eigenvalue weighted by Crippen LogP contribution is 2.39. The molecule has 10 nitrogen and oxygen atoms in total. The first-order valence-electron chi connectivity index (χ1n) is 9.93. The maximum absolute atomic E-state index is 13.3. The topological polar surface area (TPSA) is 145 Å². The molecule has 178 valence electrons. The van der Waals surface area contributed by atoms with E-state index in [1.165, 1.54) is 24.3 Å². The summed E-state index contributed by atoms with van der Waals surface area (Å²) in [5.41, 5.74) is -0.762. The molecule has 0 spiro atoms. The molecule has 35 heavy (non-hydrogen) atoms. The van der Waals surface area contributed by atoms with Crippen molar-refractivity contribution < 1.29 is 18.3 Å². The summed E-state index contributed by atoms with van der Waals surface area (Å²) in [5.74, 6) is 0. The summed E-state index contributed by atoms with van der Waals surface area (Å²) >= 11 is 2.24. The van der Waals surface area contributed by atoms with Gasteiger partial charge in [0, 0.05) is 40.9 Å². The maximum Gasteiger partial charge on any atom is 0.284 e. The number of sulfone groups is 1. The Morgan fingerprint density at radius 1 is 0.857 bits per heavy atom. The van der Waals surface area contributed by atoms with Gasteiger partial charge in [0.15, 0.2) is 0 Å². The van der Waals surface area contributed by atoms with Gasteiger partial charge in [-0.05, 0) is 48.7 Å². The van der Waals surface area contributed by atoms with Crippen LogP contribution >= 0.6 is 23.5 Å². The van der Waals surface area contributed by atoms with Crippen LogP contribution in [0.1, 0.15) is 0 Å². The quantitative estimate of drug-likeness (QED) is 0.314. The van der Waals surface area contributed by atoms with Gasteiger partial charge in [-0.2, -0.15) is 0 Å². The van der Waals surface area contributed by atoms with Crippen molar-refractivity contribution in [3.8, 4) is 0 Å². The van der Waals surface area contributed by atoms with Gasteiger partial charge in [0.05, 0.1) is 29.4 Å². The van der Waals surface area contributed by atoms with E-state index < -0.39 is 19.7 Å². The fourth-order valence-corrected chi connectivity index (χ4v) is 6.21. The molecule has 4 rings (SSSR count). The lowest BCUT2D eigenvalue weighted by Gasteiger charge is -2.10. The minimum absolute atomic E-state index is 0.251. The van der Waals surface area contributed by atoms with Gasteiger partial charge in [-0.25, -0.2) is 8.42 Å². The first-order chi connectivity index (χ1) is 16.8. The second kappa shape index (κ2) is 10.3. The number of pyridine rings is 1. The fraction of sp³-hybridized carbons (Fsp3) is 0.0455. The molecule has 1 aliphatic rings. The Bertz CT molecular complexity index is 1470. The summed E-state index contributed by atoms with van der Waals surface area (Å²) in [6.45, 7) is 0.577. The van der Waals surface area contributed by atoms with Crippen LogP contribution in [0.5, 0.6) is 0 Å². The highest BCUT2D eigenvalue weighted by Gasteiger charge is 2.27. The molecule has 1 aliphatic heterocycles. The third kappa shape index (κ3) is 5.53. The number of nitro benzene ring substituents is 2. The Balaban J connectivity index is 1.70. The number of hydrogen-bond acceptors (Lipinski definition) is 10. The van der Waals surface area contributed by atoms with Gasteiger partial charge in [-0.15, -0.1) is 0 Å². The summed E-state index contributed by atoms with van der Waals surface area (Å²) in [7, 11) is -4.27. The summed E-state index contributed by atoms with van der Waals surface area (Å²) in [6.07, 6.45) is 8.41. The van der Waals surface area contributed by atoms with Crippen LogP contribution in [0.3, 0.4) is 0 Å². The average molecular weight is 529 g/mol. The van der Waals surface area contributed by atoms with Gasteiger partial charge in [-0.1, -0.05) is 29.6 Å². The van der Waals surface area contributed by atoms with E-state index in [9.17, 15) is 28.6 Å². The summed E-state index contributed by atoms with van der Waals surface area (Å²) in [5, 5.41) is 26.4. The molecule has 0 bridgehead atoms. The Hall–Kier alpha value is -3.68. The van der Waals surface area contributed by atoms with E-state index in [1.807, 2.05) is 6.08 Å². The van der Waals surface area contributed by atoms with E-state index in [0.717, 1.165) is 40.6 Å². The van der Waals surface area contributed by atoms with Gasteiger partial charge < -0.3 is 5.32 Å². The molecule has 0 atom stereocenters. The standard InChI is InChI=1S/C22H16N4O6S3/c27-25(28)19-13-17(1-3-21(19)33-15-5-9-23-10-6-15)35(31,32)18-2-4-22(20(14-18)26(29)30)34-16-7-11-24-12-8-16/h1-11,13-14,24H,12H2. The number of allylic oxidation sites excluding steroid dienone is 1. The van der Waals surface area contributed by atoms with Crippen LogP contribution < -0.4 is 5.32 Å². The molecule has 0 fully saturated rings. The number of nitrogens with zero attached hydrogens (tertiary/aromatic N) is 3. The van der Waals surface area contributed by atoms with Crippen LogP contribution in [0.2, 0.25) is 0 Å². The molecule has 0 saturated heterocycles. The summed E-state index contributed by atoms with van der Waals surface area (Å²) < 4.78 is 26.5. The van der Waals surface area contributed by atoms with Crippen molar-refractivity contribution in [1.82, 2.24) is 10.3 Å². The third-order valence-electron chi connectivity index (χ3n) is 4.77. The zero-order chi connectivity index (χ0) is 25.0. The normalized spacial score (nSPS) is 13.1. The van der Waals surface area contributed by atoms with Crippen LogP contribution in [0, 0.1) is 20.2 Å². The number of hydrogen-bond donors (Lipinski definition) is 1. The smallest absolute Gasteiger partial charge is 0.284 e. The molecule has 2 heterocycles. The van der Waals surface area contributed by atoms with E-state index in [0.29, 0.717) is 11.4 Å². The number of dihydropyridines is 1. The number of benzene rings is 2. The zero-order valence-electron chi connectivity index (χ0n) is 17.7. The Kier molecular flexibility index (Phi) is 7.19. The Morgan fingerprint density at radius 3 is 1.94 bits per heavy atom. The van der Waals surface area contributed by atoms with Crippen LogP contribution in [0.15, 0.2) is 109 Å².